The van der Waals surface area contributed by atoms with Crippen LogP contribution in [0.15, 0.2) is 61.1 Å². The zero-order valence-electron chi connectivity index (χ0n) is 16.7. The van der Waals surface area contributed by atoms with Crippen molar-refractivity contribution in [3.05, 3.63) is 78.0 Å². The molecule has 1 atom stereocenters. The lowest BCUT2D eigenvalue weighted by Gasteiger charge is -2.26. The van der Waals surface area contributed by atoms with Crippen molar-refractivity contribution < 1.29 is 4.74 Å². The molecule has 0 amide bonds. The van der Waals surface area contributed by atoms with Gasteiger partial charge in [0, 0.05) is 49.2 Å². The summed E-state index contributed by atoms with van der Waals surface area (Å²) < 4.78 is 5.45. The summed E-state index contributed by atoms with van der Waals surface area (Å²) in [5.74, 6) is 0.718. The summed E-state index contributed by atoms with van der Waals surface area (Å²) in [7, 11) is 1.68. The van der Waals surface area contributed by atoms with Crippen LogP contribution in [0.25, 0.3) is 0 Å². The van der Waals surface area contributed by atoms with Crippen LogP contribution in [0, 0.1) is 0 Å². The molecule has 2 aliphatic rings. The highest BCUT2D eigenvalue weighted by Gasteiger charge is 2.48. The van der Waals surface area contributed by atoms with E-state index in [1.807, 2.05) is 30.6 Å². The molecule has 1 spiro atoms. The van der Waals surface area contributed by atoms with Crippen molar-refractivity contribution in [3.8, 4) is 5.88 Å². The van der Waals surface area contributed by atoms with Crippen LogP contribution in [-0.2, 0) is 18.5 Å². The molecule has 0 aromatic carbocycles. The van der Waals surface area contributed by atoms with Gasteiger partial charge < -0.3 is 9.64 Å². The van der Waals surface area contributed by atoms with Crippen molar-refractivity contribution in [3.63, 3.8) is 0 Å². The number of anilines is 1. The lowest BCUT2D eigenvalue weighted by atomic mass is 9.85. The molecular weight excluding hydrogens is 362 g/mol. The molecule has 6 nitrogen and oxygen atoms in total. The minimum absolute atomic E-state index is 0.0703. The van der Waals surface area contributed by atoms with E-state index >= 15 is 0 Å². The number of fused-ring (bicyclic) bond motifs is 2. The fourth-order valence-electron chi connectivity index (χ4n) is 4.80. The summed E-state index contributed by atoms with van der Waals surface area (Å²) in [6.07, 6.45) is 6.68. The number of rotatable bonds is 5. The normalized spacial score (nSPS) is 20.9. The summed E-state index contributed by atoms with van der Waals surface area (Å²) in [4.78, 5) is 18.7. The van der Waals surface area contributed by atoms with Crippen LogP contribution in [0.4, 0.5) is 5.69 Å². The SMILES string of the molecule is COc1ncccc1CN1CCC2(C1)CN(Cc1ccccn1)c1cccnc12. The maximum Gasteiger partial charge on any atom is 0.217 e. The van der Waals surface area contributed by atoms with E-state index in [0.29, 0.717) is 0 Å². The molecule has 5 rings (SSSR count). The van der Waals surface area contributed by atoms with Gasteiger partial charge in [0.15, 0.2) is 0 Å². The van der Waals surface area contributed by atoms with Crippen molar-refractivity contribution in [1.82, 2.24) is 19.9 Å². The summed E-state index contributed by atoms with van der Waals surface area (Å²) in [6, 6.07) is 14.4. The number of ether oxygens (including phenoxy) is 1. The number of hydrogen-bond donors (Lipinski definition) is 0. The molecule has 2 aliphatic heterocycles. The Morgan fingerprint density at radius 3 is 2.66 bits per heavy atom. The first-order chi connectivity index (χ1) is 14.3. The molecule has 1 unspecified atom stereocenters. The minimum Gasteiger partial charge on any atom is -0.481 e. The molecule has 0 N–H and O–H groups in total. The van der Waals surface area contributed by atoms with Gasteiger partial charge in [0.25, 0.3) is 0 Å². The largest absolute Gasteiger partial charge is 0.481 e. The van der Waals surface area contributed by atoms with Crippen molar-refractivity contribution in [1.29, 1.82) is 0 Å². The van der Waals surface area contributed by atoms with Crippen molar-refractivity contribution in [2.45, 2.75) is 24.9 Å². The van der Waals surface area contributed by atoms with Gasteiger partial charge in [-0.2, -0.15) is 0 Å². The number of likely N-dealkylation sites (tertiary alicyclic amines) is 1. The molecule has 148 valence electrons. The summed E-state index contributed by atoms with van der Waals surface area (Å²) in [6.45, 7) is 4.69. The van der Waals surface area contributed by atoms with Gasteiger partial charge in [-0.3, -0.25) is 14.9 Å². The van der Waals surface area contributed by atoms with Crippen molar-refractivity contribution in [2.24, 2.45) is 0 Å². The van der Waals surface area contributed by atoms with Crippen LogP contribution in [-0.4, -0.2) is 46.6 Å². The van der Waals surface area contributed by atoms with Gasteiger partial charge in [-0.05, 0) is 43.3 Å². The Hall–Kier alpha value is -2.99. The van der Waals surface area contributed by atoms with E-state index in [4.69, 9.17) is 9.72 Å². The van der Waals surface area contributed by atoms with E-state index < -0.39 is 0 Å². The second kappa shape index (κ2) is 7.44. The van der Waals surface area contributed by atoms with Crippen LogP contribution >= 0.6 is 0 Å². The molecule has 3 aromatic rings. The van der Waals surface area contributed by atoms with E-state index in [-0.39, 0.29) is 5.41 Å². The number of pyridine rings is 3. The Balaban J connectivity index is 1.38. The van der Waals surface area contributed by atoms with Gasteiger partial charge in [0.2, 0.25) is 5.88 Å². The zero-order chi connectivity index (χ0) is 19.7. The lowest BCUT2D eigenvalue weighted by molar-refractivity contribution is 0.296. The lowest BCUT2D eigenvalue weighted by Crippen LogP contribution is -2.36. The Morgan fingerprint density at radius 2 is 1.79 bits per heavy atom. The van der Waals surface area contributed by atoms with Crippen LogP contribution < -0.4 is 9.64 Å². The van der Waals surface area contributed by atoms with Gasteiger partial charge in [0.05, 0.1) is 30.7 Å². The van der Waals surface area contributed by atoms with Gasteiger partial charge in [0.1, 0.15) is 0 Å². The average Bonchev–Trinajstić information content (AvgIpc) is 3.31. The zero-order valence-corrected chi connectivity index (χ0v) is 16.7. The molecule has 1 saturated heterocycles. The first-order valence-corrected chi connectivity index (χ1v) is 10.1. The number of methoxy groups -OCH3 is 1. The molecule has 29 heavy (non-hydrogen) atoms. The fourth-order valence-corrected chi connectivity index (χ4v) is 4.80. The predicted molar refractivity (Wildman–Crippen MR) is 112 cm³/mol. The first-order valence-electron chi connectivity index (χ1n) is 10.1. The van der Waals surface area contributed by atoms with E-state index in [1.54, 1.807) is 13.3 Å². The highest BCUT2D eigenvalue weighted by atomic mass is 16.5. The van der Waals surface area contributed by atoms with Gasteiger partial charge in [-0.15, -0.1) is 0 Å². The third-order valence-corrected chi connectivity index (χ3v) is 6.07. The van der Waals surface area contributed by atoms with E-state index in [0.717, 1.165) is 56.3 Å². The number of hydrogen-bond acceptors (Lipinski definition) is 6. The summed E-state index contributed by atoms with van der Waals surface area (Å²) >= 11 is 0. The summed E-state index contributed by atoms with van der Waals surface area (Å²) in [5, 5.41) is 0. The topological polar surface area (TPSA) is 54.4 Å². The molecule has 0 bridgehead atoms. The average molecular weight is 387 g/mol. The van der Waals surface area contributed by atoms with Gasteiger partial charge in [-0.25, -0.2) is 4.98 Å². The molecule has 0 saturated carbocycles. The second-order valence-corrected chi connectivity index (χ2v) is 7.96. The molecule has 0 radical (unpaired) electrons. The van der Waals surface area contributed by atoms with E-state index in [2.05, 4.69) is 44.0 Å². The monoisotopic (exact) mass is 387 g/mol. The van der Waals surface area contributed by atoms with Gasteiger partial charge >= 0.3 is 0 Å². The quantitative estimate of drug-likeness (QED) is 0.671. The Bertz CT molecular complexity index is 995. The van der Waals surface area contributed by atoms with Crippen LogP contribution in [0.1, 0.15) is 23.4 Å². The molecular formula is C23H25N5O. The molecule has 5 heterocycles. The molecule has 1 fully saturated rings. The van der Waals surface area contributed by atoms with E-state index in [9.17, 15) is 0 Å². The fraction of sp³-hybridized carbons (Fsp3) is 0.348. The highest BCUT2D eigenvalue weighted by Crippen LogP contribution is 2.45. The maximum absolute atomic E-state index is 5.45. The number of aromatic nitrogens is 3. The Kier molecular flexibility index (Phi) is 4.64. The number of nitrogens with zero attached hydrogens (tertiary/aromatic N) is 5. The molecule has 3 aromatic heterocycles. The minimum atomic E-state index is 0.0703. The third kappa shape index (κ3) is 3.34. The highest BCUT2D eigenvalue weighted by molar-refractivity contribution is 5.60. The predicted octanol–water partition coefficient (Wildman–Crippen LogP) is 3.04. The van der Waals surface area contributed by atoms with E-state index in [1.165, 1.54) is 11.4 Å². The third-order valence-electron chi connectivity index (χ3n) is 6.07. The standard InChI is InChI=1S/C23H25N5O/c1-29-22-18(6-4-12-26-22)14-27-13-9-23(16-27)17-28(15-19-7-2-3-10-24-19)20-8-5-11-25-21(20)23/h2-8,10-12H,9,13-17H2,1H3. The maximum atomic E-state index is 5.45. The van der Waals surface area contributed by atoms with Crippen molar-refractivity contribution >= 4 is 5.69 Å². The molecule has 0 aliphatic carbocycles. The molecule has 6 heteroatoms. The first kappa shape index (κ1) is 18.1. The van der Waals surface area contributed by atoms with Crippen LogP contribution in [0.3, 0.4) is 0 Å². The van der Waals surface area contributed by atoms with Gasteiger partial charge in [-0.1, -0.05) is 12.1 Å². The van der Waals surface area contributed by atoms with Crippen molar-refractivity contribution in [2.75, 3.05) is 31.6 Å². The van der Waals surface area contributed by atoms with Crippen LogP contribution in [0.5, 0.6) is 5.88 Å². The Labute approximate surface area is 171 Å². The smallest absolute Gasteiger partial charge is 0.217 e. The Morgan fingerprint density at radius 1 is 0.931 bits per heavy atom. The van der Waals surface area contributed by atoms with Crippen LogP contribution in [0.2, 0.25) is 0 Å². The second-order valence-electron chi connectivity index (χ2n) is 7.96. The summed E-state index contributed by atoms with van der Waals surface area (Å²) in [5.41, 5.74) is 4.78.